The molecule has 1 aliphatic carbocycles. The van der Waals surface area contributed by atoms with E-state index in [1.165, 1.54) is 5.56 Å². The normalized spacial score (nSPS) is 22.3. The SMILES string of the molecule is CCCn1cc(C2(O)CCCCc3ccccc32)cn1. The second-order valence-corrected chi connectivity index (χ2v) is 5.72. The van der Waals surface area contributed by atoms with Crippen LogP contribution in [0.5, 0.6) is 0 Å². The van der Waals surface area contributed by atoms with E-state index < -0.39 is 5.60 Å². The number of aliphatic hydroxyl groups is 1. The van der Waals surface area contributed by atoms with Gasteiger partial charge in [0.15, 0.2) is 0 Å². The molecule has 2 aromatic rings. The van der Waals surface area contributed by atoms with Gasteiger partial charge in [-0.1, -0.05) is 31.2 Å². The van der Waals surface area contributed by atoms with Gasteiger partial charge in [-0.3, -0.25) is 4.68 Å². The molecule has 0 saturated carbocycles. The summed E-state index contributed by atoms with van der Waals surface area (Å²) in [5.74, 6) is 0. The topological polar surface area (TPSA) is 38.0 Å². The summed E-state index contributed by atoms with van der Waals surface area (Å²) in [6, 6.07) is 8.29. The molecule has 1 heterocycles. The fraction of sp³-hybridized carbons (Fsp3) is 0.471. The molecule has 3 heteroatoms. The van der Waals surface area contributed by atoms with E-state index in [4.69, 9.17) is 0 Å². The van der Waals surface area contributed by atoms with Crippen molar-refractivity contribution < 1.29 is 5.11 Å². The summed E-state index contributed by atoms with van der Waals surface area (Å²) in [7, 11) is 0. The van der Waals surface area contributed by atoms with E-state index in [1.54, 1.807) is 0 Å². The van der Waals surface area contributed by atoms with Crippen LogP contribution in [-0.4, -0.2) is 14.9 Å². The quantitative estimate of drug-likeness (QED) is 0.869. The molecule has 0 radical (unpaired) electrons. The van der Waals surface area contributed by atoms with Crippen LogP contribution in [0, 0.1) is 0 Å². The van der Waals surface area contributed by atoms with Gasteiger partial charge in [-0.2, -0.15) is 5.10 Å². The van der Waals surface area contributed by atoms with Gasteiger partial charge in [0.1, 0.15) is 5.60 Å². The zero-order valence-electron chi connectivity index (χ0n) is 12.0. The van der Waals surface area contributed by atoms with Crippen LogP contribution in [0.15, 0.2) is 36.7 Å². The number of nitrogens with zero attached hydrogens (tertiary/aromatic N) is 2. The molecule has 3 rings (SSSR count). The Balaban J connectivity index is 2.05. The van der Waals surface area contributed by atoms with Crippen molar-refractivity contribution in [1.82, 2.24) is 9.78 Å². The van der Waals surface area contributed by atoms with Crippen LogP contribution in [-0.2, 0) is 18.6 Å². The van der Waals surface area contributed by atoms with Gasteiger partial charge >= 0.3 is 0 Å². The molecule has 0 aliphatic heterocycles. The Morgan fingerprint density at radius 3 is 3.00 bits per heavy atom. The number of aromatic nitrogens is 2. The Bertz CT molecular complexity index is 590. The Hall–Kier alpha value is -1.61. The number of hydrogen-bond donors (Lipinski definition) is 1. The monoisotopic (exact) mass is 270 g/mol. The van der Waals surface area contributed by atoms with Gasteiger partial charge in [0.2, 0.25) is 0 Å². The molecular formula is C17H22N2O. The fourth-order valence-corrected chi connectivity index (χ4v) is 3.20. The van der Waals surface area contributed by atoms with Crippen molar-refractivity contribution in [3.8, 4) is 0 Å². The van der Waals surface area contributed by atoms with Crippen molar-refractivity contribution in [3.63, 3.8) is 0 Å². The third kappa shape index (κ3) is 2.27. The van der Waals surface area contributed by atoms with E-state index in [0.29, 0.717) is 0 Å². The van der Waals surface area contributed by atoms with E-state index in [0.717, 1.165) is 49.8 Å². The minimum atomic E-state index is -0.876. The van der Waals surface area contributed by atoms with Gasteiger partial charge in [-0.05, 0) is 43.2 Å². The second-order valence-electron chi connectivity index (χ2n) is 5.72. The van der Waals surface area contributed by atoms with Gasteiger partial charge in [-0.15, -0.1) is 0 Å². The summed E-state index contributed by atoms with van der Waals surface area (Å²) in [5.41, 5.74) is 2.39. The fourth-order valence-electron chi connectivity index (χ4n) is 3.20. The molecule has 0 bridgehead atoms. The lowest BCUT2D eigenvalue weighted by Crippen LogP contribution is -2.27. The highest BCUT2D eigenvalue weighted by molar-refractivity contribution is 5.40. The molecule has 1 unspecified atom stereocenters. The Kier molecular flexibility index (Phi) is 3.62. The van der Waals surface area contributed by atoms with Gasteiger partial charge < -0.3 is 5.11 Å². The molecule has 0 saturated heterocycles. The predicted molar refractivity (Wildman–Crippen MR) is 79.5 cm³/mol. The van der Waals surface area contributed by atoms with Crippen molar-refractivity contribution in [2.24, 2.45) is 0 Å². The van der Waals surface area contributed by atoms with Crippen LogP contribution in [0.25, 0.3) is 0 Å². The first-order valence-corrected chi connectivity index (χ1v) is 7.58. The summed E-state index contributed by atoms with van der Waals surface area (Å²) in [5, 5.41) is 15.7. The van der Waals surface area contributed by atoms with Crippen molar-refractivity contribution in [2.75, 3.05) is 0 Å². The van der Waals surface area contributed by atoms with E-state index in [-0.39, 0.29) is 0 Å². The lowest BCUT2D eigenvalue weighted by molar-refractivity contribution is 0.0703. The largest absolute Gasteiger partial charge is 0.380 e. The lowest BCUT2D eigenvalue weighted by Gasteiger charge is -2.28. The van der Waals surface area contributed by atoms with Gasteiger partial charge in [-0.25, -0.2) is 0 Å². The first kappa shape index (κ1) is 13.4. The third-order valence-corrected chi connectivity index (χ3v) is 4.26. The molecule has 1 aromatic heterocycles. The van der Waals surface area contributed by atoms with E-state index in [9.17, 15) is 5.11 Å². The molecule has 1 aliphatic rings. The molecule has 0 fully saturated rings. The van der Waals surface area contributed by atoms with Crippen molar-refractivity contribution in [1.29, 1.82) is 0 Å². The molecule has 1 atom stereocenters. The Labute approximate surface area is 120 Å². The van der Waals surface area contributed by atoms with Gasteiger partial charge in [0.05, 0.1) is 6.20 Å². The van der Waals surface area contributed by atoms with Crippen LogP contribution < -0.4 is 0 Å². The smallest absolute Gasteiger partial charge is 0.118 e. The van der Waals surface area contributed by atoms with Crippen LogP contribution in [0.4, 0.5) is 0 Å². The number of rotatable bonds is 3. The average molecular weight is 270 g/mol. The summed E-state index contributed by atoms with van der Waals surface area (Å²) < 4.78 is 1.93. The van der Waals surface area contributed by atoms with Crippen LogP contribution in [0.2, 0.25) is 0 Å². The summed E-state index contributed by atoms with van der Waals surface area (Å²) in [6.07, 6.45) is 8.91. The number of hydrogen-bond acceptors (Lipinski definition) is 2. The van der Waals surface area contributed by atoms with Crippen LogP contribution >= 0.6 is 0 Å². The van der Waals surface area contributed by atoms with Crippen molar-refractivity contribution in [2.45, 2.75) is 51.2 Å². The molecule has 0 spiro atoms. The first-order chi connectivity index (χ1) is 9.74. The molecule has 0 amide bonds. The second kappa shape index (κ2) is 5.41. The maximum absolute atomic E-state index is 11.3. The highest BCUT2D eigenvalue weighted by atomic mass is 16.3. The number of benzene rings is 1. The number of aryl methyl sites for hydroxylation is 2. The highest BCUT2D eigenvalue weighted by Gasteiger charge is 2.35. The Morgan fingerprint density at radius 2 is 2.15 bits per heavy atom. The zero-order valence-corrected chi connectivity index (χ0v) is 12.0. The molecule has 1 aromatic carbocycles. The van der Waals surface area contributed by atoms with E-state index in [1.807, 2.05) is 23.1 Å². The summed E-state index contributed by atoms with van der Waals surface area (Å²) >= 11 is 0. The maximum atomic E-state index is 11.3. The van der Waals surface area contributed by atoms with E-state index in [2.05, 4.69) is 30.2 Å². The highest BCUT2D eigenvalue weighted by Crippen LogP contribution is 2.39. The van der Waals surface area contributed by atoms with Crippen molar-refractivity contribution >= 4 is 0 Å². The van der Waals surface area contributed by atoms with Crippen LogP contribution in [0.3, 0.4) is 0 Å². The lowest BCUT2D eigenvalue weighted by atomic mass is 9.83. The summed E-state index contributed by atoms with van der Waals surface area (Å²) in [4.78, 5) is 0. The molecule has 106 valence electrons. The first-order valence-electron chi connectivity index (χ1n) is 7.58. The predicted octanol–water partition coefficient (Wildman–Crippen LogP) is 3.26. The third-order valence-electron chi connectivity index (χ3n) is 4.26. The standard InChI is InChI=1S/C17H22N2O/c1-2-11-19-13-15(12-18-19)17(20)10-6-5-8-14-7-3-4-9-16(14)17/h3-4,7,9,12-13,20H,2,5-6,8,10-11H2,1H3. The van der Waals surface area contributed by atoms with Crippen molar-refractivity contribution in [3.05, 3.63) is 53.3 Å². The average Bonchev–Trinajstić information content (AvgIpc) is 2.86. The number of fused-ring (bicyclic) bond motifs is 1. The van der Waals surface area contributed by atoms with Crippen LogP contribution in [0.1, 0.15) is 49.3 Å². The Morgan fingerprint density at radius 1 is 1.30 bits per heavy atom. The molecule has 20 heavy (non-hydrogen) atoms. The maximum Gasteiger partial charge on any atom is 0.118 e. The van der Waals surface area contributed by atoms with Gasteiger partial charge in [0, 0.05) is 18.3 Å². The van der Waals surface area contributed by atoms with Gasteiger partial charge in [0.25, 0.3) is 0 Å². The van der Waals surface area contributed by atoms with E-state index >= 15 is 0 Å². The zero-order chi connectivity index (χ0) is 14.0. The minimum absolute atomic E-state index is 0.780. The molecule has 1 N–H and O–H groups in total. The molecular weight excluding hydrogens is 248 g/mol. The summed E-state index contributed by atoms with van der Waals surface area (Å²) in [6.45, 7) is 3.04. The minimum Gasteiger partial charge on any atom is -0.380 e. The molecule has 3 nitrogen and oxygen atoms in total.